The number of aryl methyl sites for hydroxylation is 2. The molecule has 1 amide bonds. The van der Waals surface area contributed by atoms with E-state index in [0.717, 1.165) is 0 Å². The highest BCUT2D eigenvalue weighted by Gasteiger charge is 2.16. The van der Waals surface area contributed by atoms with Crippen LogP contribution >= 0.6 is 11.6 Å². The number of non-ortho nitro benzene ring substituents is 1. The number of nitro groups is 1. The van der Waals surface area contributed by atoms with Gasteiger partial charge in [-0.05, 0) is 18.6 Å². The van der Waals surface area contributed by atoms with Crippen LogP contribution in [0.1, 0.15) is 16.1 Å². The Morgan fingerprint density at radius 1 is 1.50 bits per heavy atom. The van der Waals surface area contributed by atoms with E-state index in [-0.39, 0.29) is 16.4 Å². The van der Waals surface area contributed by atoms with Crippen LogP contribution in [0, 0.1) is 17.0 Å². The topological polar surface area (TPSA) is 90.1 Å². The molecule has 2 rings (SSSR count). The standard InChI is InChI=1S/C12H11ClN4O3/c1-7-5-8(17(19)20)3-4-10(7)14-12(18)11-9(13)6-16(2)15-11/h3-6H,1-2H3,(H,14,18). The zero-order valence-electron chi connectivity index (χ0n) is 10.8. The van der Waals surface area contributed by atoms with Gasteiger partial charge in [0.15, 0.2) is 5.69 Å². The molecule has 0 atom stereocenters. The molecule has 104 valence electrons. The van der Waals surface area contributed by atoms with Gasteiger partial charge in [0.25, 0.3) is 11.6 Å². The van der Waals surface area contributed by atoms with Gasteiger partial charge in [-0.1, -0.05) is 11.6 Å². The second-order valence-corrected chi connectivity index (χ2v) is 4.62. The molecule has 0 saturated carbocycles. The number of amides is 1. The summed E-state index contributed by atoms with van der Waals surface area (Å²) in [5.74, 6) is -0.465. The molecule has 0 saturated heterocycles. The monoisotopic (exact) mass is 294 g/mol. The molecule has 0 aliphatic rings. The SMILES string of the molecule is Cc1cc([N+](=O)[O-])ccc1NC(=O)c1nn(C)cc1Cl. The third-order valence-electron chi connectivity index (χ3n) is 2.67. The summed E-state index contributed by atoms with van der Waals surface area (Å²) in [5, 5.41) is 17.5. The lowest BCUT2D eigenvalue weighted by atomic mass is 10.1. The average molecular weight is 295 g/mol. The summed E-state index contributed by atoms with van der Waals surface area (Å²) < 4.78 is 1.43. The minimum atomic E-state index is -0.492. The Bertz CT molecular complexity index is 696. The molecular formula is C12H11ClN4O3. The fraction of sp³-hybridized carbons (Fsp3) is 0.167. The number of carbonyl (C=O) groups excluding carboxylic acids is 1. The number of nitrogens with zero attached hydrogens (tertiary/aromatic N) is 3. The van der Waals surface area contributed by atoms with Crippen molar-refractivity contribution in [2.75, 3.05) is 5.32 Å². The van der Waals surface area contributed by atoms with E-state index in [1.165, 1.54) is 29.1 Å². The molecule has 0 fully saturated rings. The number of nitro benzene ring substituents is 1. The number of rotatable bonds is 3. The number of anilines is 1. The van der Waals surface area contributed by atoms with Crippen molar-refractivity contribution in [1.29, 1.82) is 0 Å². The molecule has 0 aliphatic heterocycles. The summed E-state index contributed by atoms with van der Waals surface area (Å²) >= 11 is 5.88. The Hall–Kier alpha value is -2.41. The predicted octanol–water partition coefficient (Wildman–Crippen LogP) is 2.54. The third-order valence-corrected chi connectivity index (χ3v) is 2.94. The molecule has 8 heteroatoms. The van der Waals surface area contributed by atoms with E-state index in [9.17, 15) is 14.9 Å². The van der Waals surface area contributed by atoms with Gasteiger partial charge < -0.3 is 5.32 Å². The van der Waals surface area contributed by atoms with Crippen LogP contribution in [-0.2, 0) is 7.05 Å². The molecule has 0 radical (unpaired) electrons. The van der Waals surface area contributed by atoms with Crippen LogP contribution in [0.15, 0.2) is 24.4 Å². The lowest BCUT2D eigenvalue weighted by Crippen LogP contribution is -2.14. The minimum absolute atomic E-state index is 0.0311. The molecular weight excluding hydrogens is 284 g/mol. The van der Waals surface area contributed by atoms with Crippen LogP contribution in [0.25, 0.3) is 0 Å². The summed E-state index contributed by atoms with van der Waals surface area (Å²) in [6.07, 6.45) is 1.51. The predicted molar refractivity (Wildman–Crippen MR) is 74.0 cm³/mol. The van der Waals surface area contributed by atoms with Crippen molar-refractivity contribution >= 4 is 28.9 Å². The first-order valence-corrected chi connectivity index (χ1v) is 6.02. The van der Waals surface area contributed by atoms with E-state index in [1.807, 2.05) is 0 Å². The fourth-order valence-electron chi connectivity index (χ4n) is 1.70. The zero-order chi connectivity index (χ0) is 14.9. The maximum Gasteiger partial charge on any atom is 0.277 e. The van der Waals surface area contributed by atoms with Crippen LogP contribution in [-0.4, -0.2) is 20.6 Å². The third kappa shape index (κ3) is 2.77. The van der Waals surface area contributed by atoms with Crippen molar-refractivity contribution in [3.63, 3.8) is 0 Å². The van der Waals surface area contributed by atoms with Crippen LogP contribution in [0.3, 0.4) is 0 Å². The number of halogens is 1. The zero-order valence-corrected chi connectivity index (χ0v) is 11.5. The van der Waals surface area contributed by atoms with Gasteiger partial charge >= 0.3 is 0 Å². The summed E-state index contributed by atoms with van der Waals surface area (Å²) in [4.78, 5) is 22.2. The normalized spacial score (nSPS) is 10.3. The molecule has 0 spiro atoms. The maximum atomic E-state index is 12.0. The largest absolute Gasteiger partial charge is 0.320 e. The van der Waals surface area contributed by atoms with Gasteiger partial charge in [-0.25, -0.2) is 0 Å². The quantitative estimate of drug-likeness (QED) is 0.695. The minimum Gasteiger partial charge on any atom is -0.320 e. The van der Waals surface area contributed by atoms with E-state index >= 15 is 0 Å². The first kappa shape index (κ1) is 14.0. The molecule has 2 aromatic rings. The van der Waals surface area contributed by atoms with E-state index in [0.29, 0.717) is 11.3 Å². The van der Waals surface area contributed by atoms with Crippen molar-refractivity contribution in [1.82, 2.24) is 9.78 Å². The second kappa shape index (κ2) is 5.30. The Morgan fingerprint density at radius 3 is 2.70 bits per heavy atom. The maximum absolute atomic E-state index is 12.0. The van der Waals surface area contributed by atoms with E-state index in [1.54, 1.807) is 14.0 Å². The van der Waals surface area contributed by atoms with E-state index in [4.69, 9.17) is 11.6 Å². The molecule has 0 unspecified atom stereocenters. The lowest BCUT2D eigenvalue weighted by Gasteiger charge is -2.06. The van der Waals surface area contributed by atoms with E-state index in [2.05, 4.69) is 10.4 Å². The first-order valence-electron chi connectivity index (χ1n) is 5.64. The van der Waals surface area contributed by atoms with Crippen molar-refractivity contribution < 1.29 is 9.72 Å². The van der Waals surface area contributed by atoms with Crippen molar-refractivity contribution in [3.8, 4) is 0 Å². The van der Waals surface area contributed by atoms with Gasteiger partial charge in [-0.2, -0.15) is 5.10 Å². The molecule has 1 aromatic heterocycles. The number of nitrogens with one attached hydrogen (secondary N) is 1. The molecule has 0 bridgehead atoms. The Balaban J connectivity index is 2.24. The molecule has 1 heterocycles. The van der Waals surface area contributed by atoms with Gasteiger partial charge in [0, 0.05) is 31.1 Å². The molecule has 0 aliphatic carbocycles. The van der Waals surface area contributed by atoms with Gasteiger partial charge in [-0.3, -0.25) is 19.6 Å². The summed E-state index contributed by atoms with van der Waals surface area (Å²) in [5.41, 5.74) is 1.13. The average Bonchev–Trinajstić information content (AvgIpc) is 2.70. The highest BCUT2D eigenvalue weighted by Crippen LogP contribution is 2.22. The van der Waals surface area contributed by atoms with Crippen LogP contribution in [0.5, 0.6) is 0 Å². The van der Waals surface area contributed by atoms with Gasteiger partial charge in [-0.15, -0.1) is 0 Å². The van der Waals surface area contributed by atoms with Crippen molar-refractivity contribution in [2.24, 2.45) is 7.05 Å². The number of hydrogen-bond donors (Lipinski definition) is 1. The highest BCUT2D eigenvalue weighted by atomic mass is 35.5. The number of hydrogen-bond acceptors (Lipinski definition) is 4. The van der Waals surface area contributed by atoms with E-state index < -0.39 is 10.8 Å². The Morgan fingerprint density at radius 2 is 2.20 bits per heavy atom. The molecule has 20 heavy (non-hydrogen) atoms. The van der Waals surface area contributed by atoms with Gasteiger partial charge in [0.05, 0.1) is 9.95 Å². The van der Waals surface area contributed by atoms with Crippen molar-refractivity contribution in [2.45, 2.75) is 6.92 Å². The van der Waals surface area contributed by atoms with Crippen LogP contribution in [0.2, 0.25) is 5.02 Å². The lowest BCUT2D eigenvalue weighted by molar-refractivity contribution is -0.384. The molecule has 7 nitrogen and oxygen atoms in total. The highest BCUT2D eigenvalue weighted by molar-refractivity contribution is 6.34. The second-order valence-electron chi connectivity index (χ2n) is 4.21. The smallest absolute Gasteiger partial charge is 0.277 e. The molecule has 1 N–H and O–H groups in total. The Kier molecular flexibility index (Phi) is 3.71. The van der Waals surface area contributed by atoms with Crippen molar-refractivity contribution in [3.05, 3.63) is 50.8 Å². The number of benzene rings is 1. The van der Waals surface area contributed by atoms with Gasteiger partial charge in [0.2, 0.25) is 0 Å². The summed E-state index contributed by atoms with van der Waals surface area (Å²) in [6.45, 7) is 1.67. The van der Waals surface area contributed by atoms with Crippen LogP contribution in [0.4, 0.5) is 11.4 Å². The number of carbonyl (C=O) groups is 1. The number of aromatic nitrogens is 2. The fourth-order valence-corrected chi connectivity index (χ4v) is 1.96. The summed E-state index contributed by atoms with van der Waals surface area (Å²) in [6, 6.07) is 4.18. The first-order chi connectivity index (χ1) is 9.38. The van der Waals surface area contributed by atoms with Crippen LogP contribution < -0.4 is 5.32 Å². The Labute approximate surface area is 119 Å². The molecule has 1 aromatic carbocycles. The van der Waals surface area contributed by atoms with Gasteiger partial charge in [0.1, 0.15) is 0 Å². The summed E-state index contributed by atoms with van der Waals surface area (Å²) in [7, 11) is 1.65.